The maximum atomic E-state index is 11.8. The molecule has 1 saturated carbocycles. The van der Waals surface area contributed by atoms with Crippen LogP contribution in [0.5, 0.6) is 0 Å². The number of nitrogens with one attached hydrogen (secondary N) is 1. The lowest BCUT2D eigenvalue weighted by Crippen LogP contribution is -2.54. The first-order valence-corrected chi connectivity index (χ1v) is 7.19. The van der Waals surface area contributed by atoms with E-state index in [2.05, 4.69) is 10.3 Å². The quantitative estimate of drug-likeness (QED) is 0.807. The number of carboxylic acids is 1. The molecule has 19 heavy (non-hydrogen) atoms. The first-order chi connectivity index (χ1) is 9.10. The molecule has 1 aromatic rings. The molecule has 0 bridgehead atoms. The van der Waals surface area contributed by atoms with Crippen molar-refractivity contribution in [2.45, 2.75) is 31.8 Å². The summed E-state index contributed by atoms with van der Waals surface area (Å²) in [5.41, 5.74) is 2.08. The number of thiazole rings is 1. The molecule has 6 nitrogen and oxygen atoms in total. The van der Waals surface area contributed by atoms with Crippen molar-refractivity contribution in [1.82, 2.24) is 15.2 Å². The number of likely N-dealkylation sites (N-methyl/N-ethyl adjacent to an activating group) is 1. The summed E-state index contributed by atoms with van der Waals surface area (Å²) in [7, 11) is 0. The van der Waals surface area contributed by atoms with E-state index in [1.165, 1.54) is 11.3 Å². The zero-order valence-corrected chi connectivity index (χ0v) is 11.5. The van der Waals surface area contributed by atoms with Crippen LogP contribution in [0, 0.1) is 0 Å². The Bertz CT molecular complexity index is 443. The Morgan fingerprint density at radius 1 is 1.58 bits per heavy atom. The van der Waals surface area contributed by atoms with Crippen LogP contribution < -0.4 is 5.32 Å². The van der Waals surface area contributed by atoms with Crippen LogP contribution >= 0.6 is 11.3 Å². The van der Waals surface area contributed by atoms with Gasteiger partial charge in [-0.05, 0) is 19.4 Å². The van der Waals surface area contributed by atoms with Crippen LogP contribution in [0.3, 0.4) is 0 Å². The lowest BCUT2D eigenvalue weighted by molar-refractivity contribution is -0.139. The number of carbonyl (C=O) groups excluding carboxylic acids is 1. The van der Waals surface area contributed by atoms with Gasteiger partial charge in [0.25, 0.3) is 5.91 Å². The molecular formula is C12H17N3O3S. The smallest absolute Gasteiger partial charge is 0.317 e. The number of aliphatic carboxylic acids is 1. The topological polar surface area (TPSA) is 82.5 Å². The number of hydrogen-bond donors (Lipinski definition) is 2. The van der Waals surface area contributed by atoms with Crippen LogP contribution in [-0.4, -0.2) is 52.0 Å². The number of carbonyl (C=O) groups is 2. The summed E-state index contributed by atoms with van der Waals surface area (Å²) in [5.74, 6) is -0.956. The number of aromatic nitrogens is 1. The Morgan fingerprint density at radius 3 is 2.84 bits per heavy atom. The predicted octanol–water partition coefficient (Wildman–Crippen LogP) is 0.810. The highest BCUT2D eigenvalue weighted by Crippen LogP contribution is 2.25. The molecule has 1 fully saturated rings. The molecule has 2 N–H and O–H groups in total. The average Bonchev–Trinajstić information content (AvgIpc) is 2.83. The number of nitrogens with zero attached hydrogens (tertiary/aromatic N) is 2. The summed E-state index contributed by atoms with van der Waals surface area (Å²) in [6.07, 6.45) is 1.61. The van der Waals surface area contributed by atoms with E-state index in [4.69, 9.17) is 5.11 Å². The van der Waals surface area contributed by atoms with Crippen LogP contribution in [0.15, 0.2) is 10.9 Å². The van der Waals surface area contributed by atoms with Crippen molar-refractivity contribution in [2.75, 3.05) is 13.1 Å². The SMILES string of the molecule is CCN(CC(=O)O)C1CC(NC(=O)c2cscn2)C1. The highest BCUT2D eigenvalue weighted by atomic mass is 32.1. The minimum absolute atomic E-state index is 0.0634. The maximum absolute atomic E-state index is 11.8. The summed E-state index contributed by atoms with van der Waals surface area (Å²) in [5, 5.41) is 13.4. The van der Waals surface area contributed by atoms with Gasteiger partial charge in [0, 0.05) is 17.5 Å². The van der Waals surface area contributed by atoms with E-state index in [-0.39, 0.29) is 24.5 Å². The molecule has 1 heterocycles. The summed E-state index contributed by atoms with van der Waals surface area (Å²) in [4.78, 5) is 28.3. The second-order valence-electron chi connectivity index (χ2n) is 4.63. The summed E-state index contributed by atoms with van der Waals surface area (Å²) in [6, 6.07) is 0.379. The Labute approximate surface area is 115 Å². The molecule has 0 radical (unpaired) electrons. The molecule has 0 spiro atoms. The fraction of sp³-hybridized carbons (Fsp3) is 0.583. The average molecular weight is 283 g/mol. The van der Waals surface area contributed by atoms with E-state index in [0.717, 1.165) is 12.8 Å². The van der Waals surface area contributed by atoms with Crippen molar-refractivity contribution in [3.63, 3.8) is 0 Å². The molecule has 0 atom stereocenters. The Kier molecular flexibility index (Phi) is 4.49. The molecular weight excluding hydrogens is 266 g/mol. The van der Waals surface area contributed by atoms with E-state index < -0.39 is 5.97 Å². The zero-order valence-electron chi connectivity index (χ0n) is 10.7. The van der Waals surface area contributed by atoms with Gasteiger partial charge < -0.3 is 10.4 Å². The molecule has 104 valence electrons. The van der Waals surface area contributed by atoms with Crippen LogP contribution in [0.1, 0.15) is 30.3 Å². The highest BCUT2D eigenvalue weighted by molar-refractivity contribution is 7.07. The van der Waals surface area contributed by atoms with Gasteiger partial charge in [-0.1, -0.05) is 6.92 Å². The lowest BCUT2D eigenvalue weighted by atomic mass is 9.85. The van der Waals surface area contributed by atoms with Crippen molar-refractivity contribution < 1.29 is 14.7 Å². The molecule has 1 aromatic heterocycles. The molecule has 1 amide bonds. The highest BCUT2D eigenvalue weighted by Gasteiger charge is 2.34. The van der Waals surface area contributed by atoms with E-state index >= 15 is 0 Å². The van der Waals surface area contributed by atoms with E-state index in [9.17, 15) is 9.59 Å². The minimum atomic E-state index is -0.809. The molecule has 0 unspecified atom stereocenters. The first-order valence-electron chi connectivity index (χ1n) is 6.25. The van der Waals surface area contributed by atoms with Gasteiger partial charge in [-0.3, -0.25) is 14.5 Å². The van der Waals surface area contributed by atoms with Gasteiger partial charge in [-0.15, -0.1) is 11.3 Å². The molecule has 7 heteroatoms. The number of rotatable bonds is 6. The predicted molar refractivity (Wildman–Crippen MR) is 71.3 cm³/mol. The van der Waals surface area contributed by atoms with Crippen LogP contribution in [-0.2, 0) is 4.79 Å². The van der Waals surface area contributed by atoms with Crippen molar-refractivity contribution in [2.24, 2.45) is 0 Å². The first kappa shape index (κ1) is 14.0. The number of amides is 1. The second kappa shape index (κ2) is 6.12. The van der Waals surface area contributed by atoms with E-state index in [0.29, 0.717) is 12.2 Å². The fourth-order valence-electron chi connectivity index (χ4n) is 2.26. The van der Waals surface area contributed by atoms with Gasteiger partial charge in [-0.2, -0.15) is 0 Å². The normalized spacial score (nSPS) is 22.0. The van der Waals surface area contributed by atoms with Gasteiger partial charge in [-0.25, -0.2) is 4.98 Å². The van der Waals surface area contributed by atoms with Gasteiger partial charge in [0.2, 0.25) is 0 Å². The zero-order chi connectivity index (χ0) is 13.8. The molecule has 1 aliphatic carbocycles. The Hall–Kier alpha value is -1.47. The minimum Gasteiger partial charge on any atom is -0.480 e. The van der Waals surface area contributed by atoms with Gasteiger partial charge in [0.1, 0.15) is 5.69 Å². The van der Waals surface area contributed by atoms with Crippen molar-refractivity contribution in [1.29, 1.82) is 0 Å². The summed E-state index contributed by atoms with van der Waals surface area (Å²) in [6.45, 7) is 2.72. The standard InChI is InChI=1S/C12H17N3O3S/c1-2-15(5-11(16)17)9-3-8(4-9)14-12(18)10-6-19-7-13-10/h6-9H,2-5H2,1H3,(H,14,18)(H,16,17). The molecule has 2 rings (SSSR count). The molecule has 0 aliphatic heterocycles. The largest absolute Gasteiger partial charge is 0.480 e. The third-order valence-electron chi connectivity index (χ3n) is 3.37. The molecule has 0 saturated heterocycles. The van der Waals surface area contributed by atoms with Gasteiger partial charge in [0.15, 0.2) is 0 Å². The fourth-order valence-corrected chi connectivity index (χ4v) is 2.79. The third-order valence-corrected chi connectivity index (χ3v) is 3.96. The van der Waals surface area contributed by atoms with E-state index in [1.807, 2.05) is 11.8 Å². The lowest BCUT2D eigenvalue weighted by Gasteiger charge is -2.42. The Morgan fingerprint density at radius 2 is 2.32 bits per heavy atom. The van der Waals surface area contributed by atoms with Crippen molar-refractivity contribution in [3.8, 4) is 0 Å². The maximum Gasteiger partial charge on any atom is 0.317 e. The summed E-state index contributed by atoms with van der Waals surface area (Å²) >= 11 is 1.39. The van der Waals surface area contributed by atoms with Gasteiger partial charge >= 0.3 is 5.97 Å². The van der Waals surface area contributed by atoms with Crippen molar-refractivity contribution in [3.05, 3.63) is 16.6 Å². The summed E-state index contributed by atoms with van der Waals surface area (Å²) < 4.78 is 0. The number of hydrogen-bond acceptors (Lipinski definition) is 5. The van der Waals surface area contributed by atoms with Crippen molar-refractivity contribution >= 4 is 23.2 Å². The molecule has 0 aromatic carbocycles. The molecule has 1 aliphatic rings. The van der Waals surface area contributed by atoms with Gasteiger partial charge in [0.05, 0.1) is 12.1 Å². The monoisotopic (exact) mass is 283 g/mol. The Balaban J connectivity index is 1.76. The van der Waals surface area contributed by atoms with Crippen LogP contribution in [0.25, 0.3) is 0 Å². The number of carboxylic acid groups (broad SMARTS) is 1. The third kappa shape index (κ3) is 3.51. The second-order valence-corrected chi connectivity index (χ2v) is 5.34. The van der Waals surface area contributed by atoms with Crippen LogP contribution in [0.2, 0.25) is 0 Å². The van der Waals surface area contributed by atoms with Crippen LogP contribution in [0.4, 0.5) is 0 Å². The van der Waals surface area contributed by atoms with E-state index in [1.54, 1.807) is 10.9 Å².